The fraction of sp³-hybridized carbons (Fsp3) is 0.818. The molecule has 3 saturated heterocycles. The maximum absolute atomic E-state index is 11.5. The molecule has 0 atom stereocenters. The minimum Gasteiger partial charge on any atom is -0.381 e. The van der Waals surface area contributed by atoms with Crippen LogP contribution in [0.2, 0.25) is 0 Å². The molecule has 0 radical (unpaired) electrons. The Balaban J connectivity index is 1.53. The Labute approximate surface area is 99.9 Å². The van der Waals surface area contributed by atoms with Crippen molar-refractivity contribution in [1.29, 1.82) is 0 Å². The molecule has 1 N–H and O–H groups in total. The van der Waals surface area contributed by atoms with Gasteiger partial charge in [0.2, 0.25) is 5.91 Å². The summed E-state index contributed by atoms with van der Waals surface area (Å²) in [6, 6.07) is 0.417. The third-order valence-corrected chi connectivity index (χ3v) is 3.84. The molecular weight excluding hydrogens is 222 g/mol. The quantitative estimate of drug-likeness (QED) is 0.654. The van der Waals surface area contributed by atoms with Crippen molar-refractivity contribution in [3.05, 3.63) is 0 Å². The molecule has 0 aromatic rings. The molecule has 3 amide bonds. The summed E-state index contributed by atoms with van der Waals surface area (Å²) in [4.78, 5) is 26.7. The van der Waals surface area contributed by atoms with Crippen molar-refractivity contribution in [2.24, 2.45) is 0 Å². The number of rotatable bonds is 2. The molecular formula is C11H17N3O3. The van der Waals surface area contributed by atoms with Gasteiger partial charge in [0.15, 0.2) is 0 Å². The van der Waals surface area contributed by atoms with Gasteiger partial charge in [0.25, 0.3) is 0 Å². The van der Waals surface area contributed by atoms with E-state index in [-0.39, 0.29) is 24.5 Å². The van der Waals surface area contributed by atoms with Crippen molar-refractivity contribution in [2.75, 3.05) is 32.8 Å². The van der Waals surface area contributed by atoms with Crippen molar-refractivity contribution in [1.82, 2.24) is 15.1 Å². The number of nitrogens with zero attached hydrogens (tertiary/aromatic N) is 2. The second kappa shape index (κ2) is 4.27. The first-order chi connectivity index (χ1) is 8.25. The highest BCUT2D eigenvalue weighted by atomic mass is 16.5. The third-order valence-electron chi connectivity index (χ3n) is 3.84. The lowest BCUT2D eigenvalue weighted by Gasteiger charge is -2.47. The van der Waals surface area contributed by atoms with Gasteiger partial charge in [-0.25, -0.2) is 4.79 Å². The molecule has 3 rings (SSSR count). The highest BCUT2D eigenvalue weighted by Crippen LogP contribution is 2.24. The number of nitrogens with one attached hydrogen (secondary N) is 1. The summed E-state index contributed by atoms with van der Waals surface area (Å²) >= 11 is 0. The van der Waals surface area contributed by atoms with Gasteiger partial charge in [-0.15, -0.1) is 0 Å². The zero-order valence-corrected chi connectivity index (χ0v) is 9.72. The Bertz CT molecular complexity index is 319. The number of ether oxygens (including phenoxy) is 1. The van der Waals surface area contributed by atoms with Gasteiger partial charge in [0.05, 0.1) is 12.6 Å². The summed E-state index contributed by atoms with van der Waals surface area (Å²) in [6.07, 6.45) is 2.12. The Hall–Kier alpha value is -1.14. The van der Waals surface area contributed by atoms with Gasteiger partial charge < -0.3 is 10.1 Å². The van der Waals surface area contributed by atoms with Crippen LogP contribution in [0, 0.1) is 0 Å². The molecule has 0 aromatic heterocycles. The van der Waals surface area contributed by atoms with E-state index >= 15 is 0 Å². The summed E-state index contributed by atoms with van der Waals surface area (Å²) in [5, 5.41) is 2.56. The maximum atomic E-state index is 11.5. The van der Waals surface area contributed by atoms with E-state index in [1.807, 2.05) is 0 Å². The number of likely N-dealkylation sites (tertiary alicyclic amines) is 1. The third kappa shape index (κ3) is 1.91. The highest BCUT2D eigenvalue weighted by Gasteiger charge is 2.43. The van der Waals surface area contributed by atoms with Gasteiger partial charge in [0, 0.05) is 32.3 Å². The molecule has 3 heterocycles. The topological polar surface area (TPSA) is 61.9 Å². The van der Waals surface area contributed by atoms with Crippen LogP contribution < -0.4 is 5.32 Å². The zero-order valence-electron chi connectivity index (χ0n) is 9.72. The van der Waals surface area contributed by atoms with Crippen LogP contribution in [0.4, 0.5) is 4.79 Å². The maximum Gasteiger partial charge on any atom is 0.324 e. The van der Waals surface area contributed by atoms with Crippen molar-refractivity contribution in [3.8, 4) is 0 Å². The zero-order chi connectivity index (χ0) is 11.8. The Morgan fingerprint density at radius 2 is 1.82 bits per heavy atom. The van der Waals surface area contributed by atoms with Crippen LogP contribution in [0.1, 0.15) is 12.8 Å². The lowest BCUT2D eigenvalue weighted by molar-refractivity contribution is -0.130. The monoisotopic (exact) mass is 239 g/mol. The van der Waals surface area contributed by atoms with E-state index in [4.69, 9.17) is 4.74 Å². The predicted molar refractivity (Wildman–Crippen MR) is 59.4 cm³/mol. The lowest BCUT2D eigenvalue weighted by atomic mass is 9.99. The number of carbonyl (C=O) groups is 2. The molecule has 3 aliphatic heterocycles. The Morgan fingerprint density at radius 3 is 2.41 bits per heavy atom. The van der Waals surface area contributed by atoms with Crippen molar-refractivity contribution >= 4 is 11.9 Å². The van der Waals surface area contributed by atoms with Crippen LogP contribution in [-0.4, -0.2) is 66.7 Å². The van der Waals surface area contributed by atoms with E-state index in [1.54, 1.807) is 0 Å². The van der Waals surface area contributed by atoms with Crippen molar-refractivity contribution in [3.63, 3.8) is 0 Å². The number of amides is 3. The largest absolute Gasteiger partial charge is 0.381 e. The number of urea groups is 1. The molecule has 6 heteroatoms. The SMILES string of the molecule is O=C1CNC(=O)N1C1CN(C2CCOCC2)C1. The second-order valence-corrected chi connectivity index (χ2v) is 4.87. The van der Waals surface area contributed by atoms with E-state index in [2.05, 4.69) is 10.2 Å². The second-order valence-electron chi connectivity index (χ2n) is 4.87. The predicted octanol–water partition coefficient (Wildman–Crippen LogP) is -0.599. The minimum atomic E-state index is -0.230. The molecule has 0 spiro atoms. The molecule has 0 aliphatic carbocycles. The Kier molecular flexibility index (Phi) is 2.76. The summed E-state index contributed by atoms with van der Waals surface area (Å²) in [6.45, 7) is 3.46. The summed E-state index contributed by atoms with van der Waals surface area (Å²) in [5.41, 5.74) is 0. The van der Waals surface area contributed by atoms with Gasteiger partial charge in [0.1, 0.15) is 0 Å². The van der Waals surface area contributed by atoms with Crippen LogP contribution in [-0.2, 0) is 9.53 Å². The van der Waals surface area contributed by atoms with Crippen LogP contribution >= 0.6 is 0 Å². The molecule has 6 nitrogen and oxygen atoms in total. The first-order valence-electron chi connectivity index (χ1n) is 6.17. The fourth-order valence-corrected chi connectivity index (χ4v) is 2.80. The smallest absolute Gasteiger partial charge is 0.324 e. The molecule has 0 unspecified atom stereocenters. The highest BCUT2D eigenvalue weighted by molar-refractivity contribution is 6.02. The van der Waals surface area contributed by atoms with E-state index in [0.29, 0.717) is 6.04 Å². The van der Waals surface area contributed by atoms with Gasteiger partial charge in [-0.2, -0.15) is 0 Å². The average Bonchev–Trinajstić information content (AvgIpc) is 2.60. The van der Waals surface area contributed by atoms with Crippen LogP contribution in [0.15, 0.2) is 0 Å². The summed E-state index contributed by atoms with van der Waals surface area (Å²) < 4.78 is 5.32. The van der Waals surface area contributed by atoms with Crippen molar-refractivity contribution in [2.45, 2.75) is 24.9 Å². The van der Waals surface area contributed by atoms with E-state index in [9.17, 15) is 9.59 Å². The Morgan fingerprint density at radius 1 is 1.12 bits per heavy atom. The van der Waals surface area contributed by atoms with Crippen molar-refractivity contribution < 1.29 is 14.3 Å². The fourth-order valence-electron chi connectivity index (χ4n) is 2.80. The minimum absolute atomic E-state index is 0.0767. The number of carbonyl (C=O) groups excluding carboxylic acids is 2. The number of hydrogen-bond acceptors (Lipinski definition) is 4. The van der Waals surface area contributed by atoms with Gasteiger partial charge in [-0.3, -0.25) is 14.6 Å². The standard InChI is InChI=1S/C11H17N3O3/c15-10-5-12-11(16)14(10)9-6-13(7-9)8-1-3-17-4-2-8/h8-9H,1-7H2,(H,12,16). The summed E-state index contributed by atoms with van der Waals surface area (Å²) in [7, 11) is 0. The van der Waals surface area contributed by atoms with E-state index in [1.165, 1.54) is 4.90 Å². The lowest BCUT2D eigenvalue weighted by Crippen LogP contribution is -2.64. The average molecular weight is 239 g/mol. The molecule has 3 aliphatic rings. The van der Waals surface area contributed by atoms with Crippen LogP contribution in [0.3, 0.4) is 0 Å². The van der Waals surface area contributed by atoms with E-state index in [0.717, 1.165) is 39.1 Å². The van der Waals surface area contributed by atoms with Crippen LogP contribution in [0.25, 0.3) is 0 Å². The first-order valence-corrected chi connectivity index (χ1v) is 6.17. The first kappa shape index (κ1) is 11.0. The molecule has 17 heavy (non-hydrogen) atoms. The van der Waals surface area contributed by atoms with Gasteiger partial charge in [-0.1, -0.05) is 0 Å². The number of hydrogen-bond donors (Lipinski definition) is 1. The number of imide groups is 1. The van der Waals surface area contributed by atoms with E-state index < -0.39 is 0 Å². The molecule has 0 bridgehead atoms. The molecule has 0 saturated carbocycles. The molecule has 3 fully saturated rings. The summed E-state index contributed by atoms with van der Waals surface area (Å²) in [5.74, 6) is -0.0911. The molecule has 0 aromatic carbocycles. The molecule has 94 valence electrons. The van der Waals surface area contributed by atoms with Gasteiger partial charge >= 0.3 is 6.03 Å². The normalized spacial score (nSPS) is 28.4. The van der Waals surface area contributed by atoms with Gasteiger partial charge in [-0.05, 0) is 12.8 Å². The van der Waals surface area contributed by atoms with Crippen LogP contribution in [0.5, 0.6) is 0 Å².